The molecule has 1 N–H and O–H groups in total. The lowest BCUT2D eigenvalue weighted by Crippen LogP contribution is -2.43. The second-order valence-electron chi connectivity index (χ2n) is 4.15. The number of carbonyl (C=O) groups excluding carboxylic acids is 1. The SMILES string of the molecule is Cc1nnsc1CNC(=O)C1(C)CCCO1. The number of hydrogen-bond donors (Lipinski definition) is 1. The first-order valence-electron chi connectivity index (χ1n) is 5.32. The van der Waals surface area contributed by atoms with Crippen LogP contribution in [0, 0.1) is 6.92 Å². The summed E-state index contributed by atoms with van der Waals surface area (Å²) in [7, 11) is 0. The Kier molecular flexibility index (Phi) is 3.20. The van der Waals surface area contributed by atoms with Crippen molar-refractivity contribution in [2.75, 3.05) is 6.61 Å². The van der Waals surface area contributed by atoms with Crippen molar-refractivity contribution in [3.8, 4) is 0 Å². The summed E-state index contributed by atoms with van der Waals surface area (Å²) in [6, 6.07) is 0. The molecule has 1 fully saturated rings. The third-order valence-electron chi connectivity index (χ3n) is 2.85. The van der Waals surface area contributed by atoms with E-state index in [2.05, 4.69) is 14.9 Å². The van der Waals surface area contributed by atoms with Crippen molar-refractivity contribution < 1.29 is 9.53 Å². The molecule has 0 spiro atoms. The molecule has 1 aromatic rings. The molecule has 6 heteroatoms. The summed E-state index contributed by atoms with van der Waals surface area (Å²) in [4.78, 5) is 12.9. The molecule has 5 nitrogen and oxygen atoms in total. The molecule has 0 aromatic carbocycles. The number of nitrogens with one attached hydrogen (secondary N) is 1. The van der Waals surface area contributed by atoms with Crippen LogP contribution in [-0.4, -0.2) is 27.7 Å². The first-order chi connectivity index (χ1) is 7.62. The van der Waals surface area contributed by atoms with E-state index in [1.54, 1.807) is 0 Å². The minimum absolute atomic E-state index is 0.0437. The van der Waals surface area contributed by atoms with Gasteiger partial charge in [0.05, 0.1) is 17.1 Å². The molecule has 1 saturated heterocycles. The monoisotopic (exact) mass is 241 g/mol. The highest BCUT2D eigenvalue weighted by molar-refractivity contribution is 7.05. The highest BCUT2D eigenvalue weighted by Gasteiger charge is 2.37. The minimum atomic E-state index is -0.647. The molecule has 1 aromatic heterocycles. The van der Waals surface area contributed by atoms with Crippen LogP contribution in [0.25, 0.3) is 0 Å². The van der Waals surface area contributed by atoms with Crippen LogP contribution in [0.5, 0.6) is 0 Å². The fourth-order valence-corrected chi connectivity index (χ4v) is 2.29. The number of nitrogens with zero attached hydrogens (tertiary/aromatic N) is 2. The average molecular weight is 241 g/mol. The van der Waals surface area contributed by atoms with Gasteiger partial charge in [0, 0.05) is 6.61 Å². The van der Waals surface area contributed by atoms with Crippen LogP contribution in [0.3, 0.4) is 0 Å². The lowest BCUT2D eigenvalue weighted by Gasteiger charge is -2.21. The molecule has 0 radical (unpaired) electrons. The Bertz CT molecular complexity index is 385. The second-order valence-corrected chi connectivity index (χ2v) is 4.99. The van der Waals surface area contributed by atoms with E-state index in [0.717, 1.165) is 23.4 Å². The lowest BCUT2D eigenvalue weighted by molar-refractivity contribution is -0.139. The van der Waals surface area contributed by atoms with Crippen molar-refractivity contribution in [3.63, 3.8) is 0 Å². The summed E-state index contributed by atoms with van der Waals surface area (Å²) < 4.78 is 9.29. The number of hydrogen-bond acceptors (Lipinski definition) is 5. The highest BCUT2D eigenvalue weighted by Crippen LogP contribution is 2.25. The maximum absolute atomic E-state index is 11.9. The van der Waals surface area contributed by atoms with Crippen molar-refractivity contribution in [2.45, 2.75) is 38.8 Å². The molecule has 2 rings (SSSR count). The van der Waals surface area contributed by atoms with Crippen molar-refractivity contribution in [1.29, 1.82) is 0 Å². The summed E-state index contributed by atoms with van der Waals surface area (Å²) in [5.74, 6) is -0.0437. The molecule has 88 valence electrons. The standard InChI is InChI=1S/C10H15N3O2S/c1-7-8(16-13-12-7)6-11-9(14)10(2)4-3-5-15-10/h3-6H2,1-2H3,(H,11,14). The Morgan fingerprint density at radius 1 is 1.69 bits per heavy atom. The van der Waals surface area contributed by atoms with E-state index in [-0.39, 0.29) is 5.91 Å². The Labute approximate surface area is 98.4 Å². The molecule has 1 unspecified atom stereocenters. The Hall–Kier alpha value is -1.01. The van der Waals surface area contributed by atoms with E-state index in [0.29, 0.717) is 13.2 Å². The van der Waals surface area contributed by atoms with Gasteiger partial charge in [-0.25, -0.2) is 0 Å². The van der Waals surface area contributed by atoms with Crippen LogP contribution in [0.4, 0.5) is 0 Å². The van der Waals surface area contributed by atoms with Gasteiger partial charge in [0.1, 0.15) is 5.60 Å². The summed E-state index contributed by atoms with van der Waals surface area (Å²) in [5.41, 5.74) is 0.231. The van der Waals surface area contributed by atoms with Crippen LogP contribution in [-0.2, 0) is 16.1 Å². The van der Waals surface area contributed by atoms with Gasteiger partial charge in [-0.1, -0.05) is 4.49 Å². The molecule has 1 amide bonds. The number of aryl methyl sites for hydroxylation is 1. The summed E-state index contributed by atoms with van der Waals surface area (Å²) in [6.45, 7) is 4.89. The van der Waals surface area contributed by atoms with E-state index in [4.69, 9.17) is 4.74 Å². The van der Waals surface area contributed by atoms with Gasteiger partial charge >= 0.3 is 0 Å². The first-order valence-corrected chi connectivity index (χ1v) is 6.09. The van der Waals surface area contributed by atoms with Gasteiger partial charge in [-0.2, -0.15) is 0 Å². The number of aromatic nitrogens is 2. The fraction of sp³-hybridized carbons (Fsp3) is 0.700. The topological polar surface area (TPSA) is 64.1 Å². The molecule has 1 aliphatic rings. The Balaban J connectivity index is 1.91. The predicted octanol–water partition coefficient (Wildman–Crippen LogP) is 1.03. The Morgan fingerprint density at radius 3 is 3.06 bits per heavy atom. The zero-order valence-corrected chi connectivity index (χ0v) is 10.3. The molecule has 1 atom stereocenters. The first kappa shape index (κ1) is 11.5. The molecule has 16 heavy (non-hydrogen) atoms. The van der Waals surface area contributed by atoms with E-state index in [1.165, 1.54) is 11.5 Å². The summed E-state index contributed by atoms with van der Waals surface area (Å²) in [5, 5.41) is 6.77. The van der Waals surface area contributed by atoms with Gasteiger partial charge in [0.2, 0.25) is 0 Å². The molecular formula is C10H15N3O2S. The molecule has 0 bridgehead atoms. The number of ether oxygens (including phenoxy) is 1. The van der Waals surface area contributed by atoms with Gasteiger partial charge < -0.3 is 10.1 Å². The van der Waals surface area contributed by atoms with E-state index in [9.17, 15) is 4.79 Å². The average Bonchev–Trinajstić information content (AvgIpc) is 2.85. The normalized spacial score (nSPS) is 24.6. The summed E-state index contributed by atoms with van der Waals surface area (Å²) in [6.07, 6.45) is 1.74. The zero-order valence-electron chi connectivity index (χ0n) is 9.45. The van der Waals surface area contributed by atoms with Gasteiger partial charge in [0.15, 0.2) is 0 Å². The zero-order chi connectivity index (χ0) is 11.6. The molecule has 0 aliphatic carbocycles. The van der Waals surface area contributed by atoms with Crippen LogP contribution >= 0.6 is 11.5 Å². The third kappa shape index (κ3) is 2.22. The molecule has 0 saturated carbocycles. The van der Waals surface area contributed by atoms with Crippen LogP contribution < -0.4 is 5.32 Å². The highest BCUT2D eigenvalue weighted by atomic mass is 32.1. The van der Waals surface area contributed by atoms with Crippen molar-refractivity contribution in [1.82, 2.24) is 14.9 Å². The van der Waals surface area contributed by atoms with E-state index >= 15 is 0 Å². The largest absolute Gasteiger partial charge is 0.365 e. The second kappa shape index (κ2) is 4.47. The van der Waals surface area contributed by atoms with Gasteiger partial charge in [-0.15, -0.1) is 5.10 Å². The lowest BCUT2D eigenvalue weighted by atomic mass is 10.0. The predicted molar refractivity (Wildman–Crippen MR) is 60.1 cm³/mol. The minimum Gasteiger partial charge on any atom is -0.365 e. The van der Waals surface area contributed by atoms with Crippen LogP contribution in [0.15, 0.2) is 0 Å². The van der Waals surface area contributed by atoms with E-state index < -0.39 is 5.60 Å². The molecule has 2 heterocycles. The van der Waals surface area contributed by atoms with Crippen molar-refractivity contribution in [3.05, 3.63) is 10.6 Å². The van der Waals surface area contributed by atoms with Crippen LogP contribution in [0.1, 0.15) is 30.3 Å². The molecule has 1 aliphatic heterocycles. The van der Waals surface area contributed by atoms with Gasteiger partial charge in [0.25, 0.3) is 5.91 Å². The molecular weight excluding hydrogens is 226 g/mol. The number of carbonyl (C=O) groups is 1. The Morgan fingerprint density at radius 2 is 2.50 bits per heavy atom. The maximum atomic E-state index is 11.9. The fourth-order valence-electron chi connectivity index (χ4n) is 1.72. The van der Waals surface area contributed by atoms with Crippen LogP contribution in [0.2, 0.25) is 0 Å². The number of rotatable bonds is 3. The van der Waals surface area contributed by atoms with Gasteiger partial charge in [-0.05, 0) is 38.2 Å². The quantitative estimate of drug-likeness (QED) is 0.858. The van der Waals surface area contributed by atoms with Gasteiger partial charge in [-0.3, -0.25) is 4.79 Å². The maximum Gasteiger partial charge on any atom is 0.252 e. The smallest absolute Gasteiger partial charge is 0.252 e. The summed E-state index contributed by atoms with van der Waals surface area (Å²) >= 11 is 1.32. The van der Waals surface area contributed by atoms with Crippen molar-refractivity contribution in [2.24, 2.45) is 0 Å². The van der Waals surface area contributed by atoms with E-state index in [1.807, 2.05) is 13.8 Å². The van der Waals surface area contributed by atoms with Crippen molar-refractivity contribution >= 4 is 17.4 Å². The number of amides is 1. The third-order valence-corrected chi connectivity index (χ3v) is 3.68.